The maximum Gasteiger partial charge on any atom is 0.264 e. The standard InChI is InChI=1S/C17H15N5O5S/c1-10(23)20-11-5-7-12(8-6-11)28(25,26)22-17-14(16(18)24)15(21-27-17)13-4-2-3-9-19-13/h2-9,22H,1H3,(H2,18,24)(H,20,23). The van der Waals surface area contributed by atoms with Gasteiger partial charge in [0.25, 0.3) is 21.8 Å². The minimum Gasteiger partial charge on any atom is -0.365 e. The summed E-state index contributed by atoms with van der Waals surface area (Å²) in [5, 5.41) is 6.25. The molecule has 2 aromatic heterocycles. The number of anilines is 2. The van der Waals surface area contributed by atoms with Gasteiger partial charge in [-0.3, -0.25) is 14.6 Å². The van der Waals surface area contributed by atoms with Crippen molar-refractivity contribution >= 4 is 33.4 Å². The van der Waals surface area contributed by atoms with Crippen LogP contribution in [0.2, 0.25) is 0 Å². The summed E-state index contributed by atoms with van der Waals surface area (Å²) in [5.74, 6) is -1.64. The summed E-state index contributed by atoms with van der Waals surface area (Å²) < 4.78 is 32.4. The molecule has 4 N–H and O–H groups in total. The number of hydrogen-bond acceptors (Lipinski definition) is 7. The molecule has 3 aromatic rings. The van der Waals surface area contributed by atoms with Crippen LogP contribution in [0.25, 0.3) is 11.4 Å². The molecule has 0 atom stereocenters. The van der Waals surface area contributed by atoms with E-state index in [4.69, 9.17) is 10.3 Å². The highest BCUT2D eigenvalue weighted by molar-refractivity contribution is 7.92. The van der Waals surface area contributed by atoms with Gasteiger partial charge in [0.15, 0.2) is 0 Å². The van der Waals surface area contributed by atoms with Gasteiger partial charge in [0.2, 0.25) is 5.91 Å². The van der Waals surface area contributed by atoms with Gasteiger partial charge < -0.3 is 15.6 Å². The lowest BCUT2D eigenvalue weighted by molar-refractivity contribution is -0.114. The molecule has 3 rings (SSSR count). The Bertz CT molecular complexity index is 1120. The van der Waals surface area contributed by atoms with Gasteiger partial charge in [-0.1, -0.05) is 11.2 Å². The van der Waals surface area contributed by atoms with Crippen LogP contribution in [0.5, 0.6) is 0 Å². The highest BCUT2D eigenvalue weighted by atomic mass is 32.2. The first kappa shape index (κ1) is 19.0. The maximum absolute atomic E-state index is 12.6. The molecular formula is C17H15N5O5S. The van der Waals surface area contributed by atoms with Gasteiger partial charge in [-0.2, -0.15) is 0 Å². The van der Waals surface area contributed by atoms with E-state index in [1.54, 1.807) is 18.2 Å². The summed E-state index contributed by atoms with van der Waals surface area (Å²) in [6.07, 6.45) is 1.48. The van der Waals surface area contributed by atoms with Crippen LogP contribution in [0.1, 0.15) is 17.3 Å². The summed E-state index contributed by atoms with van der Waals surface area (Å²) in [6, 6.07) is 10.3. The molecule has 10 nitrogen and oxygen atoms in total. The first-order valence-corrected chi connectivity index (χ1v) is 9.37. The lowest BCUT2D eigenvalue weighted by Gasteiger charge is -2.07. The van der Waals surface area contributed by atoms with Gasteiger partial charge in [-0.25, -0.2) is 13.1 Å². The molecule has 28 heavy (non-hydrogen) atoms. The average Bonchev–Trinajstić information content (AvgIpc) is 3.05. The van der Waals surface area contributed by atoms with Gasteiger partial charge in [-0.15, -0.1) is 0 Å². The number of amides is 2. The molecule has 1 aromatic carbocycles. The molecule has 0 unspecified atom stereocenters. The van der Waals surface area contributed by atoms with Crippen molar-refractivity contribution < 1.29 is 22.5 Å². The van der Waals surface area contributed by atoms with E-state index < -0.39 is 21.8 Å². The predicted octanol–water partition coefficient (Wildman–Crippen LogP) is 1.59. The van der Waals surface area contributed by atoms with Crippen molar-refractivity contribution in [2.75, 3.05) is 10.0 Å². The number of carbonyl (C=O) groups excluding carboxylic acids is 2. The number of rotatable bonds is 6. The lowest BCUT2D eigenvalue weighted by atomic mass is 10.1. The third-order valence-electron chi connectivity index (χ3n) is 3.56. The normalized spacial score (nSPS) is 11.0. The molecule has 0 bridgehead atoms. The second kappa shape index (κ2) is 7.48. The number of aromatic nitrogens is 2. The van der Waals surface area contributed by atoms with Crippen molar-refractivity contribution in [1.29, 1.82) is 0 Å². The second-order valence-electron chi connectivity index (χ2n) is 5.63. The number of pyridine rings is 1. The Morgan fingerprint density at radius 3 is 2.39 bits per heavy atom. The van der Waals surface area contributed by atoms with E-state index in [1.165, 1.54) is 37.4 Å². The molecule has 0 saturated heterocycles. The Kier molecular flexibility index (Phi) is 5.09. The fraction of sp³-hybridized carbons (Fsp3) is 0.0588. The van der Waals surface area contributed by atoms with Gasteiger partial charge in [-0.05, 0) is 36.4 Å². The highest BCUT2D eigenvalue weighted by Gasteiger charge is 2.27. The van der Waals surface area contributed by atoms with Crippen LogP contribution in [-0.2, 0) is 14.8 Å². The SMILES string of the molecule is CC(=O)Nc1ccc(S(=O)(=O)Nc2onc(-c3ccccn3)c2C(N)=O)cc1. The highest BCUT2D eigenvalue weighted by Crippen LogP contribution is 2.29. The summed E-state index contributed by atoms with van der Waals surface area (Å²) in [4.78, 5) is 26.8. The number of carbonyl (C=O) groups is 2. The molecule has 0 radical (unpaired) electrons. The fourth-order valence-electron chi connectivity index (χ4n) is 2.37. The first-order valence-electron chi connectivity index (χ1n) is 7.89. The molecule has 0 aliphatic carbocycles. The van der Waals surface area contributed by atoms with Gasteiger partial charge >= 0.3 is 0 Å². The largest absolute Gasteiger partial charge is 0.365 e. The Balaban J connectivity index is 1.93. The van der Waals surface area contributed by atoms with E-state index in [-0.39, 0.29) is 22.1 Å². The molecule has 144 valence electrons. The summed E-state index contributed by atoms with van der Waals surface area (Å²) in [6.45, 7) is 1.33. The van der Waals surface area contributed by atoms with E-state index in [1.807, 2.05) is 0 Å². The monoisotopic (exact) mass is 401 g/mol. The van der Waals surface area contributed by atoms with Crippen LogP contribution < -0.4 is 15.8 Å². The summed E-state index contributed by atoms with van der Waals surface area (Å²) in [7, 11) is -4.11. The van der Waals surface area contributed by atoms with Gasteiger partial charge in [0.05, 0.1) is 10.6 Å². The van der Waals surface area contributed by atoms with Crippen molar-refractivity contribution in [3.8, 4) is 11.4 Å². The van der Waals surface area contributed by atoms with E-state index in [2.05, 4.69) is 20.2 Å². The Morgan fingerprint density at radius 1 is 1.11 bits per heavy atom. The van der Waals surface area contributed by atoms with Crippen LogP contribution in [0.4, 0.5) is 11.6 Å². The number of sulfonamides is 1. The van der Waals surface area contributed by atoms with Crippen molar-refractivity contribution in [3.05, 3.63) is 54.2 Å². The zero-order valence-corrected chi connectivity index (χ0v) is 15.4. The third kappa shape index (κ3) is 3.99. The van der Waals surface area contributed by atoms with Gasteiger partial charge in [0, 0.05) is 18.8 Å². The predicted molar refractivity (Wildman–Crippen MR) is 99.8 cm³/mol. The number of nitrogens with two attached hydrogens (primary N) is 1. The molecule has 0 saturated carbocycles. The number of primary amides is 1. The maximum atomic E-state index is 12.6. The number of nitrogens with one attached hydrogen (secondary N) is 2. The van der Waals surface area contributed by atoms with Crippen molar-refractivity contribution in [1.82, 2.24) is 10.1 Å². The molecule has 2 heterocycles. The number of hydrogen-bond donors (Lipinski definition) is 3. The first-order chi connectivity index (χ1) is 13.3. The zero-order valence-electron chi connectivity index (χ0n) is 14.5. The van der Waals surface area contributed by atoms with Crippen LogP contribution >= 0.6 is 0 Å². The number of nitrogens with zero attached hydrogens (tertiary/aromatic N) is 2. The summed E-state index contributed by atoms with van der Waals surface area (Å²) in [5.41, 5.74) is 5.89. The Labute approximate surface area is 159 Å². The van der Waals surface area contributed by atoms with Crippen LogP contribution in [0.15, 0.2) is 58.1 Å². The topological polar surface area (TPSA) is 157 Å². The summed E-state index contributed by atoms with van der Waals surface area (Å²) >= 11 is 0. The minimum absolute atomic E-state index is 0.0202. The van der Waals surface area contributed by atoms with Crippen LogP contribution in [0, 0.1) is 0 Å². The van der Waals surface area contributed by atoms with E-state index in [9.17, 15) is 18.0 Å². The zero-order chi connectivity index (χ0) is 20.3. The third-order valence-corrected chi connectivity index (χ3v) is 4.90. The minimum atomic E-state index is -4.11. The molecule has 2 amide bonds. The average molecular weight is 401 g/mol. The molecule has 11 heteroatoms. The fourth-order valence-corrected chi connectivity index (χ4v) is 3.36. The molecule has 0 spiro atoms. The smallest absolute Gasteiger partial charge is 0.264 e. The molecule has 0 aliphatic heterocycles. The van der Waals surface area contributed by atoms with E-state index in [0.717, 1.165) is 0 Å². The van der Waals surface area contributed by atoms with Gasteiger partial charge in [0.1, 0.15) is 11.3 Å². The van der Waals surface area contributed by atoms with Crippen molar-refractivity contribution in [3.63, 3.8) is 0 Å². The second-order valence-corrected chi connectivity index (χ2v) is 7.31. The molecule has 0 fully saturated rings. The van der Waals surface area contributed by atoms with E-state index in [0.29, 0.717) is 11.4 Å². The Morgan fingerprint density at radius 2 is 1.82 bits per heavy atom. The van der Waals surface area contributed by atoms with Crippen LogP contribution in [0.3, 0.4) is 0 Å². The molecule has 0 aliphatic rings. The Hall–Kier alpha value is -3.73. The number of benzene rings is 1. The van der Waals surface area contributed by atoms with Crippen molar-refractivity contribution in [2.24, 2.45) is 5.73 Å². The van der Waals surface area contributed by atoms with Crippen molar-refractivity contribution in [2.45, 2.75) is 11.8 Å². The lowest BCUT2D eigenvalue weighted by Crippen LogP contribution is -2.18. The van der Waals surface area contributed by atoms with Crippen LogP contribution in [-0.4, -0.2) is 30.4 Å². The molecular weight excluding hydrogens is 386 g/mol. The quantitative estimate of drug-likeness (QED) is 0.566. The van der Waals surface area contributed by atoms with E-state index >= 15 is 0 Å².